The summed E-state index contributed by atoms with van der Waals surface area (Å²) in [6, 6.07) is 9.68. The zero-order valence-electron chi connectivity index (χ0n) is 13.2. The number of carboxylic acid groups (broad SMARTS) is 1. The van der Waals surface area contributed by atoms with Crippen LogP contribution >= 0.6 is 0 Å². The number of nitrogens with two attached hydrogens (primary N) is 1. The molecule has 3 aromatic rings. The van der Waals surface area contributed by atoms with Crippen molar-refractivity contribution >= 4 is 24.0 Å². The third-order valence-electron chi connectivity index (χ3n) is 3.28. The Labute approximate surface area is 146 Å². The first kappa shape index (κ1) is 16.8. The van der Waals surface area contributed by atoms with E-state index in [1.165, 1.54) is 12.3 Å². The molecule has 132 valence electrons. The second-order valence-corrected chi connectivity index (χ2v) is 5.04. The Morgan fingerprint density at radius 2 is 2.12 bits per heavy atom. The summed E-state index contributed by atoms with van der Waals surface area (Å²) in [5.74, 6) is -0.818. The van der Waals surface area contributed by atoms with Crippen LogP contribution in [0.3, 0.4) is 0 Å². The van der Waals surface area contributed by atoms with Crippen LogP contribution in [-0.2, 0) is 11.3 Å². The summed E-state index contributed by atoms with van der Waals surface area (Å²) in [4.78, 5) is 23.0. The minimum atomic E-state index is -1.05. The number of furan rings is 1. The molecule has 2 heterocycles. The number of nitrogens with zero attached hydrogens (tertiary/aromatic N) is 5. The number of carbonyl (C=O) groups is 2. The minimum absolute atomic E-state index is 0.0110. The van der Waals surface area contributed by atoms with Crippen molar-refractivity contribution in [3.8, 4) is 11.3 Å². The van der Waals surface area contributed by atoms with Crippen molar-refractivity contribution in [2.24, 2.45) is 5.10 Å². The fourth-order valence-electron chi connectivity index (χ4n) is 2.11. The molecule has 0 fully saturated rings. The van der Waals surface area contributed by atoms with E-state index in [9.17, 15) is 14.7 Å². The number of anilines is 1. The van der Waals surface area contributed by atoms with Crippen LogP contribution < -0.4 is 11.2 Å². The van der Waals surface area contributed by atoms with E-state index in [1.54, 1.807) is 30.3 Å². The average Bonchev–Trinajstić information content (AvgIpc) is 3.24. The van der Waals surface area contributed by atoms with Gasteiger partial charge in [0.1, 0.15) is 18.1 Å². The van der Waals surface area contributed by atoms with Gasteiger partial charge in [-0.1, -0.05) is 23.3 Å². The van der Waals surface area contributed by atoms with Crippen LogP contribution in [0.15, 0.2) is 45.9 Å². The molecule has 11 heteroatoms. The van der Waals surface area contributed by atoms with Gasteiger partial charge >= 0.3 is 5.97 Å². The van der Waals surface area contributed by atoms with Crippen molar-refractivity contribution in [3.05, 3.63) is 47.7 Å². The normalized spacial score (nSPS) is 10.9. The first-order chi connectivity index (χ1) is 12.5. The molecule has 0 aliphatic carbocycles. The number of aromatic carboxylic acids is 1. The van der Waals surface area contributed by atoms with E-state index in [2.05, 4.69) is 26.1 Å². The molecule has 0 bridgehead atoms. The molecule has 0 atom stereocenters. The molecule has 0 spiro atoms. The molecule has 0 unspecified atom stereocenters. The van der Waals surface area contributed by atoms with Gasteiger partial charge in [-0.15, -0.1) is 0 Å². The number of rotatable bonds is 6. The van der Waals surface area contributed by atoms with Crippen molar-refractivity contribution in [1.29, 1.82) is 0 Å². The zero-order chi connectivity index (χ0) is 18.5. The summed E-state index contributed by atoms with van der Waals surface area (Å²) in [5.41, 5.74) is 8.30. The maximum absolute atomic E-state index is 11.7. The van der Waals surface area contributed by atoms with Gasteiger partial charge in [0.25, 0.3) is 5.91 Å². The van der Waals surface area contributed by atoms with E-state index in [0.717, 1.165) is 4.68 Å². The lowest BCUT2D eigenvalue weighted by Gasteiger charge is -2.02. The topological polar surface area (TPSA) is 162 Å². The van der Waals surface area contributed by atoms with Gasteiger partial charge in [-0.2, -0.15) is 5.10 Å². The molecule has 0 radical (unpaired) electrons. The summed E-state index contributed by atoms with van der Waals surface area (Å²) in [5, 5.41) is 23.3. The lowest BCUT2D eigenvalue weighted by atomic mass is 10.1. The second-order valence-electron chi connectivity index (χ2n) is 5.04. The maximum Gasteiger partial charge on any atom is 0.336 e. The molecular weight excluding hydrogens is 342 g/mol. The van der Waals surface area contributed by atoms with Crippen LogP contribution in [-0.4, -0.2) is 43.4 Å². The van der Waals surface area contributed by atoms with Crippen LogP contribution in [0, 0.1) is 0 Å². The summed E-state index contributed by atoms with van der Waals surface area (Å²) < 4.78 is 6.66. The fourth-order valence-corrected chi connectivity index (χ4v) is 2.11. The molecule has 0 aliphatic rings. The van der Waals surface area contributed by atoms with Gasteiger partial charge < -0.3 is 15.3 Å². The van der Waals surface area contributed by atoms with Crippen LogP contribution in [0.5, 0.6) is 0 Å². The van der Waals surface area contributed by atoms with Crippen LogP contribution in [0.1, 0.15) is 16.1 Å². The number of hydrogen-bond acceptors (Lipinski definition) is 8. The van der Waals surface area contributed by atoms with Gasteiger partial charge in [-0.3, -0.25) is 4.79 Å². The number of nitrogen functional groups attached to an aromatic ring is 1. The molecule has 0 saturated carbocycles. The van der Waals surface area contributed by atoms with Gasteiger partial charge in [0.15, 0.2) is 0 Å². The number of hydrogen-bond donors (Lipinski definition) is 3. The standard InChI is InChI=1S/C15H13N7O4/c16-15-19-20-21-22(15)8-13(23)18-17-7-9-5-6-12(26-9)10-3-1-2-4-11(10)14(24)25/h1-7H,8H2,(H,18,23)(H,24,25)(H2,16,19,21). The molecular formula is C15H13N7O4. The maximum atomic E-state index is 11.7. The van der Waals surface area contributed by atoms with Gasteiger partial charge in [-0.25, -0.2) is 14.9 Å². The fraction of sp³-hybridized carbons (Fsp3) is 0.0667. The molecule has 4 N–H and O–H groups in total. The summed E-state index contributed by atoms with van der Waals surface area (Å²) in [7, 11) is 0. The zero-order valence-corrected chi connectivity index (χ0v) is 13.2. The average molecular weight is 355 g/mol. The third-order valence-corrected chi connectivity index (χ3v) is 3.28. The lowest BCUT2D eigenvalue weighted by Crippen LogP contribution is -2.24. The van der Waals surface area contributed by atoms with E-state index in [0.29, 0.717) is 17.1 Å². The summed E-state index contributed by atoms with van der Waals surface area (Å²) >= 11 is 0. The van der Waals surface area contributed by atoms with Gasteiger partial charge in [0.05, 0.1) is 11.8 Å². The van der Waals surface area contributed by atoms with Crippen LogP contribution in [0.4, 0.5) is 5.95 Å². The number of amides is 1. The number of carbonyl (C=O) groups excluding carboxylic acids is 1. The molecule has 11 nitrogen and oxygen atoms in total. The number of nitrogens with one attached hydrogen (secondary N) is 1. The van der Waals surface area contributed by atoms with E-state index in [4.69, 9.17) is 10.2 Å². The molecule has 1 aromatic carbocycles. The third kappa shape index (κ3) is 3.72. The van der Waals surface area contributed by atoms with E-state index in [1.807, 2.05) is 0 Å². The number of aromatic nitrogens is 4. The molecule has 0 aliphatic heterocycles. The smallest absolute Gasteiger partial charge is 0.336 e. The number of tetrazole rings is 1. The van der Waals surface area contributed by atoms with Gasteiger partial charge in [-0.05, 0) is 28.6 Å². The molecule has 3 rings (SSSR count). The summed E-state index contributed by atoms with van der Waals surface area (Å²) in [6.45, 7) is -0.189. The van der Waals surface area contributed by atoms with Crippen LogP contribution in [0.25, 0.3) is 11.3 Å². The Bertz CT molecular complexity index is 976. The number of benzene rings is 1. The highest BCUT2D eigenvalue weighted by molar-refractivity contribution is 5.95. The van der Waals surface area contributed by atoms with E-state index >= 15 is 0 Å². The predicted molar refractivity (Wildman–Crippen MR) is 89.1 cm³/mol. The number of hydrazone groups is 1. The Hall–Kier alpha value is -4.02. The molecule has 1 amide bonds. The first-order valence-electron chi connectivity index (χ1n) is 7.30. The molecule has 2 aromatic heterocycles. The van der Waals surface area contributed by atoms with Crippen molar-refractivity contribution in [3.63, 3.8) is 0 Å². The highest BCUT2D eigenvalue weighted by atomic mass is 16.4. The Kier molecular flexibility index (Phi) is 4.69. The lowest BCUT2D eigenvalue weighted by molar-refractivity contribution is -0.121. The van der Waals surface area contributed by atoms with Crippen molar-refractivity contribution in [1.82, 2.24) is 25.6 Å². The Morgan fingerprint density at radius 1 is 1.31 bits per heavy atom. The van der Waals surface area contributed by atoms with Gasteiger partial charge in [0, 0.05) is 5.56 Å². The summed E-state index contributed by atoms with van der Waals surface area (Å²) in [6.07, 6.45) is 1.29. The Morgan fingerprint density at radius 3 is 2.85 bits per heavy atom. The first-order valence-corrected chi connectivity index (χ1v) is 7.30. The quantitative estimate of drug-likeness (QED) is 0.422. The largest absolute Gasteiger partial charge is 0.478 e. The van der Waals surface area contributed by atoms with Crippen molar-refractivity contribution in [2.75, 3.05) is 5.73 Å². The van der Waals surface area contributed by atoms with Gasteiger partial charge in [0.2, 0.25) is 5.95 Å². The SMILES string of the molecule is Nc1nnnn1CC(=O)NN=Cc1ccc(-c2ccccc2C(=O)O)o1. The number of carboxylic acids is 1. The molecule has 0 saturated heterocycles. The van der Waals surface area contributed by atoms with E-state index in [-0.39, 0.29) is 18.1 Å². The van der Waals surface area contributed by atoms with Crippen LogP contribution in [0.2, 0.25) is 0 Å². The minimum Gasteiger partial charge on any atom is -0.478 e. The highest BCUT2D eigenvalue weighted by Crippen LogP contribution is 2.25. The monoisotopic (exact) mass is 355 g/mol. The highest BCUT2D eigenvalue weighted by Gasteiger charge is 2.13. The van der Waals surface area contributed by atoms with E-state index < -0.39 is 11.9 Å². The predicted octanol–water partition coefficient (Wildman–Crippen LogP) is 0.364. The molecule has 26 heavy (non-hydrogen) atoms. The van der Waals surface area contributed by atoms with Crippen molar-refractivity contribution in [2.45, 2.75) is 6.54 Å². The second kappa shape index (κ2) is 7.25. The Balaban J connectivity index is 1.65. The van der Waals surface area contributed by atoms with Crippen molar-refractivity contribution < 1.29 is 19.1 Å².